The van der Waals surface area contributed by atoms with Crippen molar-refractivity contribution < 1.29 is 30.0 Å². The number of aliphatic carboxylic acids is 2. The van der Waals surface area contributed by atoms with Crippen LogP contribution in [0, 0.1) is 0 Å². The molecule has 0 saturated carbocycles. The molecule has 8 heteroatoms. The van der Waals surface area contributed by atoms with Gasteiger partial charge in [0.2, 0.25) is 0 Å². The second kappa shape index (κ2) is 13.7. The number of para-hydroxylation sites is 1. The molecule has 3 rings (SSSR count). The number of hydrogen-bond acceptors (Lipinski definition) is 5. The zero-order valence-corrected chi connectivity index (χ0v) is 17.5. The van der Waals surface area contributed by atoms with Crippen molar-refractivity contribution in [1.82, 2.24) is 0 Å². The normalized spacial score (nSPS) is 9.13. The Hall–Kier alpha value is -3.45. The van der Waals surface area contributed by atoms with Crippen molar-refractivity contribution in [3.05, 3.63) is 66.2 Å². The van der Waals surface area contributed by atoms with Gasteiger partial charge in [0.25, 0.3) is 11.9 Å². The van der Waals surface area contributed by atoms with Crippen molar-refractivity contribution in [3.63, 3.8) is 0 Å². The number of carboxylic acid groups (broad SMARTS) is 2. The minimum absolute atomic E-state index is 0. The van der Waals surface area contributed by atoms with Crippen LogP contribution in [0.25, 0.3) is 10.8 Å². The molecular formula is C22H26ClNO6. The van der Waals surface area contributed by atoms with Crippen LogP contribution in [0.4, 0.5) is 5.69 Å². The highest BCUT2D eigenvalue weighted by molar-refractivity contribution is 5.86. The Bertz CT molecular complexity index is 927. The average Bonchev–Trinajstić information content (AvgIpc) is 2.63. The summed E-state index contributed by atoms with van der Waals surface area (Å²) in [5.41, 5.74) is 2.30. The molecule has 0 heterocycles. The number of rotatable bonds is 4. The molecule has 0 aliphatic rings. The first-order valence-corrected chi connectivity index (χ1v) is 8.81. The number of fused-ring (bicyclic) bond motifs is 1. The molecule has 0 bridgehead atoms. The molecule has 30 heavy (non-hydrogen) atoms. The Balaban J connectivity index is 0.000000808. The Morgan fingerprint density at radius 1 is 0.800 bits per heavy atom. The lowest BCUT2D eigenvalue weighted by Crippen LogP contribution is -2.04. The van der Waals surface area contributed by atoms with Crippen molar-refractivity contribution in [3.8, 4) is 11.5 Å². The summed E-state index contributed by atoms with van der Waals surface area (Å²) in [6.45, 7) is 3.01. The Morgan fingerprint density at radius 2 is 1.30 bits per heavy atom. The summed E-state index contributed by atoms with van der Waals surface area (Å²) < 4.78 is 0. The van der Waals surface area contributed by atoms with E-state index in [0.717, 1.165) is 43.3 Å². The number of hydrogen-bond donors (Lipinski definition) is 5. The van der Waals surface area contributed by atoms with E-state index in [1.54, 1.807) is 12.1 Å². The molecular weight excluding hydrogens is 410 g/mol. The molecule has 0 aliphatic carbocycles. The van der Waals surface area contributed by atoms with Crippen molar-refractivity contribution in [2.75, 3.05) is 11.9 Å². The van der Waals surface area contributed by atoms with Crippen LogP contribution in [0.15, 0.2) is 60.7 Å². The molecule has 0 amide bonds. The number of aromatic hydroxyl groups is 2. The van der Waals surface area contributed by atoms with Gasteiger partial charge in [-0.2, -0.15) is 0 Å². The van der Waals surface area contributed by atoms with Crippen LogP contribution >= 0.6 is 12.4 Å². The van der Waals surface area contributed by atoms with Crippen molar-refractivity contribution in [2.45, 2.75) is 20.3 Å². The van der Waals surface area contributed by atoms with Crippen LogP contribution in [-0.4, -0.2) is 38.9 Å². The van der Waals surface area contributed by atoms with E-state index in [-0.39, 0.29) is 23.9 Å². The Kier molecular flexibility index (Phi) is 12.1. The lowest BCUT2D eigenvalue weighted by molar-refractivity contribution is -0.135. The summed E-state index contributed by atoms with van der Waals surface area (Å²) in [4.78, 5) is 18.0. The van der Waals surface area contributed by atoms with E-state index in [2.05, 4.69) is 5.32 Å². The van der Waals surface area contributed by atoms with Crippen LogP contribution < -0.4 is 5.32 Å². The number of phenols is 2. The highest BCUT2D eigenvalue weighted by Crippen LogP contribution is 2.30. The minimum Gasteiger partial charge on any atom is -0.504 e. The zero-order chi connectivity index (χ0) is 21.8. The third kappa shape index (κ3) is 10.8. The van der Waals surface area contributed by atoms with E-state index in [1.165, 1.54) is 5.56 Å². The van der Waals surface area contributed by atoms with Crippen molar-refractivity contribution in [1.29, 1.82) is 0 Å². The highest BCUT2D eigenvalue weighted by Gasteiger charge is 2.03. The Morgan fingerprint density at radius 3 is 1.83 bits per heavy atom. The maximum absolute atomic E-state index is 9.57. The number of halogens is 1. The van der Waals surface area contributed by atoms with Gasteiger partial charge in [0.15, 0.2) is 11.5 Å². The van der Waals surface area contributed by atoms with Crippen molar-refractivity contribution >= 4 is 40.8 Å². The summed E-state index contributed by atoms with van der Waals surface area (Å²) in [6.07, 6.45) is 0.895. The number of carboxylic acids is 2. The molecule has 0 atom stereocenters. The maximum atomic E-state index is 9.57. The fourth-order valence-corrected chi connectivity index (χ4v) is 2.39. The largest absolute Gasteiger partial charge is 0.504 e. The van der Waals surface area contributed by atoms with Gasteiger partial charge < -0.3 is 25.7 Å². The molecule has 0 aliphatic heterocycles. The predicted octanol–water partition coefficient (Wildman–Crippen LogP) is 4.51. The lowest BCUT2D eigenvalue weighted by atomic mass is 10.0. The highest BCUT2D eigenvalue weighted by atomic mass is 35.5. The number of phenolic OH excluding ortho intramolecular Hbond substituents is 2. The summed E-state index contributed by atoms with van der Waals surface area (Å²) in [7, 11) is 0. The maximum Gasteiger partial charge on any atom is 0.300 e. The van der Waals surface area contributed by atoms with Gasteiger partial charge in [0, 0.05) is 26.1 Å². The first kappa shape index (κ1) is 26.6. The van der Waals surface area contributed by atoms with Crippen LogP contribution in [0.5, 0.6) is 11.5 Å². The zero-order valence-electron chi connectivity index (χ0n) is 16.7. The third-order valence-corrected chi connectivity index (χ3v) is 3.51. The smallest absolute Gasteiger partial charge is 0.300 e. The quantitative estimate of drug-likeness (QED) is 0.381. The summed E-state index contributed by atoms with van der Waals surface area (Å²) in [6, 6.07) is 19.3. The first-order valence-electron chi connectivity index (χ1n) is 8.81. The fraction of sp³-hybridized carbons (Fsp3) is 0.182. The van der Waals surface area contributed by atoms with Gasteiger partial charge in [0.1, 0.15) is 0 Å². The molecule has 3 aromatic carbocycles. The van der Waals surface area contributed by atoms with Gasteiger partial charge >= 0.3 is 0 Å². The molecule has 0 saturated heterocycles. The number of nitrogens with one attached hydrogen (secondary N) is 1. The standard InChI is InChI=1S/C18H17NO2.2C2H4O2.ClH/c20-17-11-14-7-6-13(10-15(14)12-18(17)21)8-9-19-16-4-2-1-3-5-16;2*1-2(3)4;/h1-7,10-12,19-21H,8-9H2;2*1H3,(H,3,4);1H. The number of benzene rings is 3. The van der Waals surface area contributed by atoms with Crippen LogP contribution in [0.3, 0.4) is 0 Å². The molecule has 0 fully saturated rings. The molecule has 0 spiro atoms. The van der Waals surface area contributed by atoms with E-state index in [1.807, 2.05) is 48.5 Å². The molecule has 162 valence electrons. The van der Waals surface area contributed by atoms with E-state index in [0.29, 0.717) is 0 Å². The summed E-state index contributed by atoms with van der Waals surface area (Å²) in [5.74, 6) is -1.83. The van der Waals surface area contributed by atoms with Gasteiger partial charge in [0.05, 0.1) is 0 Å². The SMILES string of the molecule is CC(=O)O.CC(=O)O.Cl.Oc1cc2ccc(CCNc3ccccc3)cc2cc1O. The summed E-state index contributed by atoms with van der Waals surface area (Å²) >= 11 is 0. The van der Waals surface area contributed by atoms with E-state index in [4.69, 9.17) is 19.8 Å². The third-order valence-electron chi connectivity index (χ3n) is 3.51. The van der Waals surface area contributed by atoms with Gasteiger partial charge in [-0.25, -0.2) is 0 Å². The molecule has 7 nitrogen and oxygen atoms in total. The van der Waals surface area contributed by atoms with Gasteiger partial charge in [-0.3, -0.25) is 9.59 Å². The van der Waals surface area contributed by atoms with Gasteiger partial charge in [-0.05, 0) is 47.0 Å². The number of carbonyl (C=O) groups is 2. The summed E-state index contributed by atoms with van der Waals surface area (Å²) in [5, 5.41) is 39.1. The second-order valence-corrected chi connectivity index (χ2v) is 6.10. The number of anilines is 1. The molecule has 0 radical (unpaired) electrons. The topological polar surface area (TPSA) is 127 Å². The molecule has 0 unspecified atom stereocenters. The minimum atomic E-state index is -0.833. The van der Waals surface area contributed by atoms with E-state index >= 15 is 0 Å². The van der Waals surface area contributed by atoms with Crippen LogP contribution in [-0.2, 0) is 16.0 Å². The second-order valence-electron chi connectivity index (χ2n) is 6.10. The molecule has 3 aromatic rings. The molecule has 5 N–H and O–H groups in total. The first-order chi connectivity index (χ1) is 13.7. The van der Waals surface area contributed by atoms with Crippen LogP contribution in [0.1, 0.15) is 19.4 Å². The average molecular weight is 436 g/mol. The predicted molar refractivity (Wildman–Crippen MR) is 120 cm³/mol. The monoisotopic (exact) mass is 435 g/mol. The van der Waals surface area contributed by atoms with Gasteiger partial charge in [-0.15, -0.1) is 12.4 Å². The fourth-order valence-electron chi connectivity index (χ4n) is 2.39. The van der Waals surface area contributed by atoms with Gasteiger partial charge in [-0.1, -0.05) is 36.4 Å². The van der Waals surface area contributed by atoms with Crippen molar-refractivity contribution in [2.24, 2.45) is 0 Å². The Labute approximate surface area is 181 Å². The van der Waals surface area contributed by atoms with E-state index in [9.17, 15) is 10.2 Å². The van der Waals surface area contributed by atoms with Crippen LogP contribution in [0.2, 0.25) is 0 Å². The lowest BCUT2D eigenvalue weighted by Gasteiger charge is -2.08. The van der Waals surface area contributed by atoms with E-state index < -0.39 is 11.9 Å². The molecule has 0 aromatic heterocycles.